The van der Waals surface area contributed by atoms with E-state index in [9.17, 15) is 26.4 Å². The van der Waals surface area contributed by atoms with Crippen LogP contribution in [0.2, 0.25) is 0 Å². The van der Waals surface area contributed by atoms with Gasteiger partial charge < -0.3 is 5.32 Å². The average molecular weight is 369 g/mol. The van der Waals surface area contributed by atoms with Crippen LogP contribution in [0.3, 0.4) is 0 Å². The highest BCUT2D eigenvalue weighted by atomic mass is 32.2. The molecular weight excluding hydrogens is 355 g/mol. The van der Waals surface area contributed by atoms with E-state index < -0.39 is 28.0 Å². The molecular formula is C17H14F3NO3S. The van der Waals surface area contributed by atoms with Crippen molar-refractivity contribution < 1.29 is 26.4 Å². The molecule has 1 aliphatic carbocycles. The maximum atomic E-state index is 12.6. The number of hydrogen-bond acceptors (Lipinski definition) is 3. The Balaban J connectivity index is 1.89. The first-order valence-electron chi connectivity index (χ1n) is 7.50. The molecule has 0 saturated carbocycles. The maximum Gasteiger partial charge on any atom is 0.471 e. The summed E-state index contributed by atoms with van der Waals surface area (Å²) in [6.07, 6.45) is -4.25. The van der Waals surface area contributed by atoms with Crippen LogP contribution < -0.4 is 5.32 Å². The third-order valence-electron chi connectivity index (χ3n) is 4.12. The van der Waals surface area contributed by atoms with E-state index >= 15 is 0 Å². The van der Waals surface area contributed by atoms with Crippen molar-refractivity contribution >= 4 is 15.7 Å². The second-order valence-electron chi connectivity index (χ2n) is 5.74. The number of carbonyl (C=O) groups excluding carboxylic acids is 1. The number of carbonyl (C=O) groups is 1. The predicted molar refractivity (Wildman–Crippen MR) is 83.6 cm³/mol. The predicted octanol–water partition coefficient (Wildman–Crippen LogP) is 3.19. The van der Waals surface area contributed by atoms with E-state index in [1.807, 2.05) is 5.32 Å². The van der Waals surface area contributed by atoms with Crippen LogP contribution in [0.25, 0.3) is 0 Å². The first-order chi connectivity index (χ1) is 11.7. The first kappa shape index (κ1) is 17.5. The van der Waals surface area contributed by atoms with Crippen molar-refractivity contribution in [3.63, 3.8) is 0 Å². The van der Waals surface area contributed by atoms with Gasteiger partial charge >= 0.3 is 12.1 Å². The molecule has 1 unspecified atom stereocenters. The molecule has 1 atom stereocenters. The third-order valence-corrected chi connectivity index (χ3v) is 5.89. The summed E-state index contributed by atoms with van der Waals surface area (Å²) in [5, 5.41) is 1.95. The summed E-state index contributed by atoms with van der Waals surface area (Å²) in [6.45, 7) is 0. The average Bonchev–Trinajstić information content (AvgIpc) is 2.97. The second kappa shape index (κ2) is 6.18. The number of nitrogens with one attached hydrogen (secondary N) is 1. The van der Waals surface area contributed by atoms with Gasteiger partial charge in [-0.1, -0.05) is 24.3 Å². The lowest BCUT2D eigenvalue weighted by Gasteiger charge is -2.15. The van der Waals surface area contributed by atoms with E-state index in [0.29, 0.717) is 24.0 Å². The zero-order valence-corrected chi connectivity index (χ0v) is 13.7. The van der Waals surface area contributed by atoms with Gasteiger partial charge in [0.1, 0.15) is 0 Å². The molecule has 0 aliphatic heterocycles. The topological polar surface area (TPSA) is 63.2 Å². The minimum Gasteiger partial charge on any atom is -0.341 e. The van der Waals surface area contributed by atoms with E-state index in [1.54, 1.807) is 18.2 Å². The molecule has 4 nitrogen and oxygen atoms in total. The zero-order valence-electron chi connectivity index (χ0n) is 12.9. The smallest absolute Gasteiger partial charge is 0.341 e. The highest BCUT2D eigenvalue weighted by Gasteiger charge is 2.40. The molecule has 0 spiro atoms. The van der Waals surface area contributed by atoms with Crippen LogP contribution in [0.4, 0.5) is 13.2 Å². The van der Waals surface area contributed by atoms with E-state index in [0.717, 1.165) is 0 Å². The fraction of sp³-hybridized carbons (Fsp3) is 0.235. The lowest BCUT2D eigenvalue weighted by atomic mass is 10.1. The minimum atomic E-state index is -4.95. The molecule has 0 aromatic heterocycles. The summed E-state index contributed by atoms with van der Waals surface area (Å²) in [5.41, 5.74) is 1.15. The Morgan fingerprint density at radius 2 is 1.72 bits per heavy atom. The number of alkyl halides is 3. The van der Waals surface area contributed by atoms with E-state index in [2.05, 4.69) is 0 Å². The lowest BCUT2D eigenvalue weighted by molar-refractivity contribution is -0.174. The van der Waals surface area contributed by atoms with Crippen molar-refractivity contribution in [3.05, 3.63) is 59.7 Å². The van der Waals surface area contributed by atoms with E-state index in [-0.39, 0.29) is 9.79 Å². The molecule has 0 fully saturated rings. The molecule has 0 bridgehead atoms. The Labute approximate surface area is 142 Å². The second-order valence-corrected chi connectivity index (χ2v) is 7.69. The van der Waals surface area contributed by atoms with Gasteiger partial charge in [0, 0.05) is 0 Å². The van der Waals surface area contributed by atoms with Crippen molar-refractivity contribution in [3.8, 4) is 0 Å². The van der Waals surface area contributed by atoms with Crippen LogP contribution in [-0.2, 0) is 21.1 Å². The van der Waals surface area contributed by atoms with Gasteiger partial charge in [-0.15, -0.1) is 0 Å². The molecule has 25 heavy (non-hydrogen) atoms. The highest BCUT2D eigenvalue weighted by molar-refractivity contribution is 7.91. The monoisotopic (exact) mass is 369 g/mol. The summed E-state index contributed by atoms with van der Waals surface area (Å²) < 4.78 is 62.4. The number of rotatable bonds is 3. The van der Waals surface area contributed by atoms with Crippen LogP contribution in [0, 0.1) is 0 Å². The number of benzene rings is 2. The fourth-order valence-electron chi connectivity index (χ4n) is 2.89. The van der Waals surface area contributed by atoms with Gasteiger partial charge in [-0.3, -0.25) is 4.79 Å². The van der Waals surface area contributed by atoms with Crippen molar-refractivity contribution in [1.82, 2.24) is 5.32 Å². The third kappa shape index (κ3) is 3.39. The Bertz CT molecular complexity index is 908. The number of fused-ring (bicyclic) bond motifs is 1. The SMILES string of the molecule is O=C(NC1CCc2cc(S(=O)(=O)c3ccccc3)ccc21)C(F)(F)F. The summed E-state index contributed by atoms with van der Waals surface area (Å²) >= 11 is 0. The fourth-order valence-corrected chi connectivity index (χ4v) is 4.22. The molecule has 1 amide bonds. The number of aryl methyl sites for hydroxylation is 1. The van der Waals surface area contributed by atoms with Gasteiger partial charge in [0.2, 0.25) is 9.84 Å². The van der Waals surface area contributed by atoms with Crippen LogP contribution in [0.1, 0.15) is 23.6 Å². The van der Waals surface area contributed by atoms with Crippen LogP contribution in [0.15, 0.2) is 58.3 Å². The Kier molecular flexibility index (Phi) is 4.32. The minimum absolute atomic E-state index is 0.0836. The van der Waals surface area contributed by atoms with Crippen molar-refractivity contribution in [2.45, 2.75) is 34.9 Å². The lowest BCUT2D eigenvalue weighted by Crippen LogP contribution is -2.38. The summed E-state index contributed by atoms with van der Waals surface area (Å²) in [7, 11) is -3.69. The highest BCUT2D eigenvalue weighted by Crippen LogP contribution is 2.34. The van der Waals surface area contributed by atoms with Gasteiger partial charge in [-0.25, -0.2) is 8.42 Å². The molecule has 0 radical (unpaired) electrons. The first-order valence-corrected chi connectivity index (χ1v) is 8.98. The number of sulfone groups is 1. The summed E-state index contributed by atoms with van der Waals surface area (Å²) in [4.78, 5) is 11.3. The van der Waals surface area contributed by atoms with Crippen LogP contribution in [0.5, 0.6) is 0 Å². The summed E-state index contributed by atoms with van der Waals surface area (Å²) in [5.74, 6) is -1.99. The Morgan fingerprint density at radius 1 is 1.04 bits per heavy atom. The van der Waals surface area contributed by atoms with Crippen molar-refractivity contribution in [1.29, 1.82) is 0 Å². The van der Waals surface area contributed by atoms with Gasteiger partial charge in [-0.05, 0) is 48.2 Å². The van der Waals surface area contributed by atoms with Crippen LogP contribution in [-0.4, -0.2) is 20.5 Å². The van der Waals surface area contributed by atoms with Gasteiger partial charge in [0.15, 0.2) is 0 Å². The van der Waals surface area contributed by atoms with Crippen LogP contribution >= 0.6 is 0 Å². The van der Waals surface area contributed by atoms with Gasteiger partial charge in [0.25, 0.3) is 0 Å². The molecule has 8 heteroatoms. The van der Waals surface area contributed by atoms with Gasteiger partial charge in [-0.2, -0.15) is 13.2 Å². The number of hydrogen-bond donors (Lipinski definition) is 1. The molecule has 3 rings (SSSR count). The molecule has 1 N–H and O–H groups in total. The molecule has 132 valence electrons. The number of halogens is 3. The Morgan fingerprint density at radius 3 is 2.36 bits per heavy atom. The molecule has 2 aromatic rings. The zero-order chi connectivity index (χ0) is 18.2. The number of amides is 1. The normalized spacial score (nSPS) is 17.2. The summed E-state index contributed by atoms with van der Waals surface area (Å²) in [6, 6.07) is 11.4. The van der Waals surface area contributed by atoms with Crippen molar-refractivity contribution in [2.24, 2.45) is 0 Å². The molecule has 1 aliphatic rings. The standard InChI is InChI=1S/C17H14F3NO3S/c18-17(19,20)16(22)21-15-9-6-11-10-13(7-8-14(11)15)25(23,24)12-4-2-1-3-5-12/h1-5,7-8,10,15H,6,9H2,(H,21,22). The molecule has 2 aromatic carbocycles. The van der Waals surface area contributed by atoms with E-state index in [1.165, 1.54) is 30.3 Å². The maximum absolute atomic E-state index is 12.6. The Hall–Kier alpha value is -2.35. The molecule has 0 heterocycles. The largest absolute Gasteiger partial charge is 0.471 e. The van der Waals surface area contributed by atoms with E-state index in [4.69, 9.17) is 0 Å². The quantitative estimate of drug-likeness (QED) is 0.904. The van der Waals surface area contributed by atoms with Gasteiger partial charge in [0.05, 0.1) is 15.8 Å². The van der Waals surface area contributed by atoms with Crippen molar-refractivity contribution in [2.75, 3.05) is 0 Å². The molecule has 0 saturated heterocycles.